The van der Waals surface area contributed by atoms with Gasteiger partial charge in [-0.05, 0) is 12.8 Å². The fraction of sp³-hybridized carbons (Fsp3) is 0.846. The van der Waals surface area contributed by atoms with Crippen molar-refractivity contribution in [3.05, 3.63) is 0 Å². The maximum atomic E-state index is 9.58. The highest BCUT2D eigenvalue weighted by Crippen LogP contribution is 2.42. The summed E-state index contributed by atoms with van der Waals surface area (Å²) in [5.41, 5.74) is 0.0366. The number of hydrogen-bond acceptors (Lipinski definition) is 4. The van der Waals surface area contributed by atoms with Gasteiger partial charge in [0.05, 0.1) is 18.3 Å². The van der Waals surface area contributed by atoms with E-state index in [2.05, 4.69) is 20.8 Å². The van der Waals surface area contributed by atoms with E-state index in [1.165, 1.54) is 0 Å². The molecule has 7 heteroatoms. The van der Waals surface area contributed by atoms with Crippen LogP contribution in [0.2, 0.25) is 0 Å². The molecule has 0 aliphatic carbocycles. The molecule has 1 amide bonds. The fourth-order valence-electron chi connectivity index (χ4n) is 2.51. The summed E-state index contributed by atoms with van der Waals surface area (Å²) in [6.45, 7) is 7.91. The SMILES string of the molecule is CC(C)C1CO[C@]2(C)CCO[C@H]12.O=C(O)CNC(=O)O. The number of ether oxygens (including phenoxy) is 2. The highest BCUT2D eigenvalue weighted by Gasteiger charge is 2.51. The minimum absolute atomic E-state index is 0.0366. The quantitative estimate of drug-likeness (QED) is 0.720. The molecule has 3 N–H and O–H groups in total. The number of hydrogen-bond donors (Lipinski definition) is 3. The predicted octanol–water partition coefficient (Wildman–Crippen LogP) is 1.17. The molecule has 2 heterocycles. The molecule has 2 rings (SSSR count). The summed E-state index contributed by atoms with van der Waals surface area (Å²) < 4.78 is 11.5. The molecule has 0 aromatic rings. The van der Waals surface area contributed by atoms with Crippen LogP contribution in [0.1, 0.15) is 27.2 Å². The average molecular weight is 289 g/mol. The van der Waals surface area contributed by atoms with Gasteiger partial charge in [0.25, 0.3) is 0 Å². The Labute approximate surface area is 118 Å². The number of carboxylic acid groups (broad SMARTS) is 2. The summed E-state index contributed by atoms with van der Waals surface area (Å²) in [6.07, 6.45) is 0.103. The van der Waals surface area contributed by atoms with Gasteiger partial charge in [0.2, 0.25) is 0 Å². The molecular formula is C13H23NO6. The lowest BCUT2D eigenvalue weighted by Gasteiger charge is -2.24. The van der Waals surface area contributed by atoms with Crippen molar-refractivity contribution in [1.82, 2.24) is 5.32 Å². The second-order valence-corrected chi connectivity index (χ2v) is 5.63. The number of rotatable bonds is 3. The Morgan fingerprint density at radius 2 is 2.05 bits per heavy atom. The Bertz CT molecular complexity index is 345. The Morgan fingerprint density at radius 3 is 2.50 bits per heavy atom. The number of fused-ring (bicyclic) bond motifs is 1. The van der Waals surface area contributed by atoms with E-state index in [9.17, 15) is 9.59 Å². The first kappa shape index (κ1) is 16.7. The van der Waals surface area contributed by atoms with Crippen LogP contribution in [0.4, 0.5) is 4.79 Å². The van der Waals surface area contributed by atoms with Crippen LogP contribution in [-0.2, 0) is 14.3 Å². The molecule has 7 nitrogen and oxygen atoms in total. The van der Waals surface area contributed by atoms with Crippen molar-refractivity contribution < 1.29 is 29.3 Å². The first-order chi connectivity index (χ1) is 9.26. The molecule has 0 aromatic heterocycles. The van der Waals surface area contributed by atoms with Gasteiger partial charge in [-0.25, -0.2) is 4.79 Å². The van der Waals surface area contributed by atoms with Gasteiger partial charge in [0.1, 0.15) is 6.54 Å². The van der Waals surface area contributed by atoms with Crippen LogP contribution in [0.15, 0.2) is 0 Å². The van der Waals surface area contributed by atoms with Crippen LogP contribution >= 0.6 is 0 Å². The van der Waals surface area contributed by atoms with Crippen molar-refractivity contribution in [2.45, 2.75) is 38.9 Å². The standard InChI is InChI=1S/C10H18O2.C3H5NO4/c1-7(2)8-6-12-10(3)4-5-11-9(8)10;5-2(6)1-4-3(7)8/h7-9H,4-6H2,1-3H3;4H,1H2,(H,5,6)(H,7,8)/t8?,9-,10-;/m1./s1. The van der Waals surface area contributed by atoms with E-state index in [0.717, 1.165) is 19.6 Å². The molecule has 3 atom stereocenters. The molecular weight excluding hydrogens is 266 g/mol. The summed E-state index contributed by atoms with van der Waals surface area (Å²) in [5, 5.41) is 17.3. The molecule has 1 unspecified atom stereocenters. The van der Waals surface area contributed by atoms with Crippen LogP contribution in [0.5, 0.6) is 0 Å². The second-order valence-electron chi connectivity index (χ2n) is 5.63. The van der Waals surface area contributed by atoms with Gasteiger partial charge in [-0.15, -0.1) is 0 Å². The second kappa shape index (κ2) is 6.90. The lowest BCUT2D eigenvalue weighted by atomic mass is 9.85. The minimum atomic E-state index is -1.33. The largest absolute Gasteiger partial charge is 0.480 e. The van der Waals surface area contributed by atoms with Crippen molar-refractivity contribution in [1.29, 1.82) is 0 Å². The minimum Gasteiger partial charge on any atom is -0.480 e. The van der Waals surface area contributed by atoms with Gasteiger partial charge in [-0.2, -0.15) is 0 Å². The van der Waals surface area contributed by atoms with Gasteiger partial charge in [-0.1, -0.05) is 13.8 Å². The summed E-state index contributed by atoms with van der Waals surface area (Å²) in [7, 11) is 0. The van der Waals surface area contributed by atoms with E-state index < -0.39 is 18.6 Å². The van der Waals surface area contributed by atoms with Gasteiger partial charge in [0.15, 0.2) is 0 Å². The van der Waals surface area contributed by atoms with E-state index >= 15 is 0 Å². The van der Waals surface area contributed by atoms with E-state index in [1.54, 1.807) is 5.32 Å². The highest BCUT2D eigenvalue weighted by atomic mass is 16.6. The van der Waals surface area contributed by atoms with Crippen LogP contribution in [0.25, 0.3) is 0 Å². The zero-order valence-corrected chi connectivity index (χ0v) is 12.1. The first-order valence-corrected chi connectivity index (χ1v) is 6.70. The molecule has 2 aliphatic rings. The monoisotopic (exact) mass is 289 g/mol. The zero-order valence-electron chi connectivity index (χ0n) is 12.1. The first-order valence-electron chi connectivity index (χ1n) is 6.70. The van der Waals surface area contributed by atoms with E-state index in [4.69, 9.17) is 19.7 Å². The van der Waals surface area contributed by atoms with E-state index in [-0.39, 0.29) is 5.60 Å². The van der Waals surface area contributed by atoms with Crippen molar-refractivity contribution in [3.8, 4) is 0 Å². The lowest BCUT2D eigenvalue weighted by molar-refractivity contribution is -0.135. The molecule has 2 aliphatic heterocycles. The van der Waals surface area contributed by atoms with Crippen molar-refractivity contribution in [2.24, 2.45) is 11.8 Å². The van der Waals surface area contributed by atoms with Crippen LogP contribution in [-0.4, -0.2) is 53.7 Å². The van der Waals surface area contributed by atoms with E-state index in [0.29, 0.717) is 17.9 Å². The van der Waals surface area contributed by atoms with E-state index in [1.807, 2.05) is 0 Å². The fourth-order valence-corrected chi connectivity index (χ4v) is 2.51. The van der Waals surface area contributed by atoms with Gasteiger partial charge in [0, 0.05) is 18.9 Å². The maximum absolute atomic E-state index is 9.58. The van der Waals surface area contributed by atoms with Gasteiger partial charge < -0.3 is 25.0 Å². The molecule has 20 heavy (non-hydrogen) atoms. The summed E-state index contributed by atoms with van der Waals surface area (Å²) in [4.78, 5) is 19.1. The topological polar surface area (TPSA) is 105 Å². The van der Waals surface area contributed by atoms with Crippen LogP contribution in [0.3, 0.4) is 0 Å². The van der Waals surface area contributed by atoms with Crippen molar-refractivity contribution >= 4 is 12.1 Å². The Morgan fingerprint density at radius 1 is 1.40 bits per heavy atom. The van der Waals surface area contributed by atoms with Crippen molar-refractivity contribution in [2.75, 3.05) is 19.8 Å². The number of nitrogens with one attached hydrogen (secondary N) is 1. The highest BCUT2D eigenvalue weighted by molar-refractivity contribution is 5.75. The van der Waals surface area contributed by atoms with Crippen LogP contribution < -0.4 is 5.32 Å². The third kappa shape index (κ3) is 4.35. The Hall–Kier alpha value is -1.34. The molecule has 2 saturated heterocycles. The average Bonchev–Trinajstić information content (AvgIpc) is 2.83. The lowest BCUT2D eigenvalue weighted by Crippen LogP contribution is -2.35. The number of amides is 1. The molecule has 2 fully saturated rings. The predicted molar refractivity (Wildman–Crippen MR) is 70.7 cm³/mol. The number of carboxylic acids is 1. The maximum Gasteiger partial charge on any atom is 0.405 e. The molecule has 116 valence electrons. The van der Waals surface area contributed by atoms with Crippen LogP contribution in [0, 0.1) is 11.8 Å². The Balaban J connectivity index is 0.000000221. The third-order valence-electron chi connectivity index (χ3n) is 3.74. The molecule has 0 aromatic carbocycles. The Kier molecular flexibility index (Phi) is 5.76. The summed E-state index contributed by atoms with van der Waals surface area (Å²) in [6, 6.07) is 0. The summed E-state index contributed by atoms with van der Waals surface area (Å²) >= 11 is 0. The smallest absolute Gasteiger partial charge is 0.405 e. The normalized spacial score (nSPS) is 31.4. The van der Waals surface area contributed by atoms with Crippen molar-refractivity contribution in [3.63, 3.8) is 0 Å². The number of carbonyl (C=O) groups is 2. The van der Waals surface area contributed by atoms with Gasteiger partial charge >= 0.3 is 12.1 Å². The molecule has 0 saturated carbocycles. The molecule has 0 bridgehead atoms. The van der Waals surface area contributed by atoms with Gasteiger partial charge in [-0.3, -0.25) is 4.79 Å². The third-order valence-corrected chi connectivity index (χ3v) is 3.74. The molecule has 0 spiro atoms. The zero-order chi connectivity index (χ0) is 15.3. The number of aliphatic carboxylic acids is 1. The molecule has 0 radical (unpaired) electrons. The summed E-state index contributed by atoms with van der Waals surface area (Å²) in [5.74, 6) is 0.0971.